The molecule has 158 valence electrons. The van der Waals surface area contributed by atoms with Crippen molar-refractivity contribution in [2.75, 3.05) is 23.7 Å². The molecular formula is C19H20ClF3N2O3S. The number of carbonyl (C=O) groups is 1. The highest BCUT2D eigenvalue weighted by Gasteiger charge is 2.33. The van der Waals surface area contributed by atoms with Gasteiger partial charge in [0.15, 0.2) is 0 Å². The highest BCUT2D eigenvalue weighted by molar-refractivity contribution is 7.92. The van der Waals surface area contributed by atoms with E-state index in [-0.39, 0.29) is 17.5 Å². The molecule has 0 radical (unpaired) electrons. The highest BCUT2D eigenvalue weighted by Crippen LogP contribution is 2.36. The van der Waals surface area contributed by atoms with Gasteiger partial charge in [0.1, 0.15) is 6.54 Å². The molecule has 29 heavy (non-hydrogen) atoms. The summed E-state index contributed by atoms with van der Waals surface area (Å²) in [4.78, 5) is 12.3. The molecule has 0 saturated carbocycles. The van der Waals surface area contributed by atoms with Gasteiger partial charge in [-0.25, -0.2) is 8.42 Å². The van der Waals surface area contributed by atoms with Crippen molar-refractivity contribution >= 4 is 33.2 Å². The van der Waals surface area contributed by atoms with Crippen molar-refractivity contribution in [3.05, 3.63) is 64.7 Å². The Balaban J connectivity index is 2.19. The molecule has 0 saturated heterocycles. The monoisotopic (exact) mass is 448 g/mol. The molecule has 0 bridgehead atoms. The fourth-order valence-corrected chi connectivity index (χ4v) is 3.74. The van der Waals surface area contributed by atoms with Crippen LogP contribution in [-0.4, -0.2) is 33.7 Å². The number of carbonyl (C=O) groups excluding carboxylic acids is 1. The van der Waals surface area contributed by atoms with Gasteiger partial charge in [-0.2, -0.15) is 13.2 Å². The molecule has 0 aliphatic rings. The van der Waals surface area contributed by atoms with E-state index in [2.05, 4.69) is 5.32 Å². The van der Waals surface area contributed by atoms with Gasteiger partial charge in [-0.1, -0.05) is 48.9 Å². The van der Waals surface area contributed by atoms with Crippen molar-refractivity contribution in [1.82, 2.24) is 5.32 Å². The maximum absolute atomic E-state index is 13.0. The summed E-state index contributed by atoms with van der Waals surface area (Å²) in [6.45, 7) is 1.42. The van der Waals surface area contributed by atoms with E-state index in [0.717, 1.165) is 24.0 Å². The van der Waals surface area contributed by atoms with E-state index in [1.54, 1.807) is 0 Å². The fourth-order valence-electron chi connectivity index (χ4n) is 2.61. The number of amides is 1. The number of halogens is 4. The zero-order chi connectivity index (χ0) is 21.8. The fraction of sp³-hybridized carbons (Fsp3) is 0.316. The molecule has 0 fully saturated rings. The molecule has 0 aliphatic heterocycles. The normalized spacial score (nSPS) is 13.0. The van der Waals surface area contributed by atoms with Crippen molar-refractivity contribution < 1.29 is 26.4 Å². The third kappa shape index (κ3) is 6.37. The maximum atomic E-state index is 13.0. The summed E-state index contributed by atoms with van der Waals surface area (Å²) >= 11 is 5.93. The van der Waals surface area contributed by atoms with Crippen LogP contribution in [0.2, 0.25) is 5.02 Å². The number of alkyl halides is 3. The van der Waals surface area contributed by atoms with Crippen LogP contribution in [0.15, 0.2) is 48.5 Å². The molecule has 0 spiro atoms. The third-order valence-corrected chi connectivity index (χ3v) is 5.65. The molecule has 0 aliphatic carbocycles. The Kier molecular flexibility index (Phi) is 7.18. The third-order valence-electron chi connectivity index (χ3n) is 4.20. The van der Waals surface area contributed by atoms with Crippen LogP contribution in [0.1, 0.15) is 24.0 Å². The molecule has 0 aromatic heterocycles. The molecular weight excluding hydrogens is 429 g/mol. The number of benzene rings is 2. The summed E-state index contributed by atoms with van der Waals surface area (Å²) in [5.41, 5.74) is -0.493. The second-order valence-electron chi connectivity index (χ2n) is 6.55. The van der Waals surface area contributed by atoms with Crippen LogP contribution in [0.4, 0.5) is 18.9 Å². The van der Waals surface area contributed by atoms with Crippen LogP contribution in [0.3, 0.4) is 0 Å². The van der Waals surface area contributed by atoms with Crippen LogP contribution in [-0.2, 0) is 21.0 Å². The van der Waals surface area contributed by atoms with E-state index < -0.39 is 39.9 Å². The standard InChI is InChI=1S/C19H20ClF3N2O3S/c1-13(14-6-4-3-5-7-14)11-24-18(26)12-25(29(2,27)28)17-10-15(19(21,22)23)8-9-16(17)20/h3-10,13H,11-12H2,1-2H3,(H,24,26). The number of hydrogen-bond donors (Lipinski definition) is 1. The van der Waals surface area contributed by atoms with E-state index in [9.17, 15) is 26.4 Å². The van der Waals surface area contributed by atoms with E-state index in [0.29, 0.717) is 10.4 Å². The minimum Gasteiger partial charge on any atom is -0.354 e. The van der Waals surface area contributed by atoms with E-state index in [1.807, 2.05) is 37.3 Å². The number of rotatable bonds is 7. The first-order valence-corrected chi connectivity index (χ1v) is 10.8. The van der Waals surface area contributed by atoms with Gasteiger partial charge in [0.2, 0.25) is 15.9 Å². The van der Waals surface area contributed by atoms with Crippen LogP contribution in [0, 0.1) is 0 Å². The molecule has 0 heterocycles. The number of nitrogens with one attached hydrogen (secondary N) is 1. The number of nitrogens with zero attached hydrogens (tertiary/aromatic N) is 1. The van der Waals surface area contributed by atoms with E-state index >= 15 is 0 Å². The average Bonchev–Trinajstić information content (AvgIpc) is 2.63. The van der Waals surface area contributed by atoms with Gasteiger partial charge in [-0.3, -0.25) is 9.10 Å². The Morgan fingerprint density at radius 1 is 1.17 bits per heavy atom. The zero-order valence-electron chi connectivity index (χ0n) is 15.7. The SMILES string of the molecule is CC(CNC(=O)CN(c1cc(C(F)(F)F)ccc1Cl)S(C)(=O)=O)c1ccccc1. The first kappa shape index (κ1) is 23.0. The number of anilines is 1. The lowest BCUT2D eigenvalue weighted by atomic mass is 10.0. The summed E-state index contributed by atoms with van der Waals surface area (Å²) in [7, 11) is -4.07. The first-order chi connectivity index (χ1) is 13.4. The van der Waals surface area contributed by atoms with Gasteiger partial charge in [-0.05, 0) is 29.7 Å². The van der Waals surface area contributed by atoms with Crippen molar-refractivity contribution in [3.63, 3.8) is 0 Å². The van der Waals surface area contributed by atoms with Gasteiger partial charge in [0.25, 0.3) is 0 Å². The first-order valence-electron chi connectivity index (χ1n) is 8.55. The number of hydrogen-bond acceptors (Lipinski definition) is 3. The zero-order valence-corrected chi connectivity index (χ0v) is 17.3. The Morgan fingerprint density at radius 3 is 2.34 bits per heavy atom. The quantitative estimate of drug-likeness (QED) is 0.695. The average molecular weight is 449 g/mol. The Morgan fingerprint density at radius 2 is 1.79 bits per heavy atom. The molecule has 10 heteroatoms. The minimum absolute atomic E-state index is 0.0380. The second-order valence-corrected chi connectivity index (χ2v) is 8.86. The summed E-state index contributed by atoms with van der Waals surface area (Å²) in [6, 6.07) is 11.7. The van der Waals surface area contributed by atoms with Gasteiger partial charge in [-0.15, -0.1) is 0 Å². The topological polar surface area (TPSA) is 66.5 Å². The minimum atomic E-state index is -4.68. The second kappa shape index (κ2) is 9.04. The molecule has 5 nitrogen and oxygen atoms in total. The van der Waals surface area contributed by atoms with E-state index in [1.165, 1.54) is 0 Å². The molecule has 2 rings (SSSR count). The summed E-state index contributed by atoms with van der Waals surface area (Å²) in [5.74, 6) is -0.698. The van der Waals surface area contributed by atoms with E-state index in [4.69, 9.17) is 11.6 Å². The number of sulfonamides is 1. The Labute approximate surface area is 172 Å². The van der Waals surface area contributed by atoms with Crippen LogP contribution in [0.5, 0.6) is 0 Å². The lowest BCUT2D eigenvalue weighted by Gasteiger charge is -2.24. The Hall–Kier alpha value is -2.26. The predicted molar refractivity (Wildman–Crippen MR) is 107 cm³/mol. The van der Waals surface area contributed by atoms with Crippen molar-refractivity contribution in [1.29, 1.82) is 0 Å². The summed E-state index contributed by atoms with van der Waals surface area (Å²) < 4.78 is 63.9. The molecule has 1 amide bonds. The van der Waals surface area contributed by atoms with Crippen molar-refractivity contribution in [2.24, 2.45) is 0 Å². The van der Waals surface area contributed by atoms with Gasteiger partial charge in [0.05, 0.1) is 22.5 Å². The molecule has 1 N–H and O–H groups in total. The molecule has 1 unspecified atom stereocenters. The van der Waals surface area contributed by atoms with Crippen molar-refractivity contribution in [3.8, 4) is 0 Å². The maximum Gasteiger partial charge on any atom is 0.416 e. The van der Waals surface area contributed by atoms with Gasteiger partial charge >= 0.3 is 6.18 Å². The lowest BCUT2D eigenvalue weighted by Crippen LogP contribution is -2.41. The smallest absolute Gasteiger partial charge is 0.354 e. The van der Waals surface area contributed by atoms with Crippen molar-refractivity contribution in [2.45, 2.75) is 19.0 Å². The molecule has 2 aromatic rings. The van der Waals surface area contributed by atoms with Gasteiger partial charge in [0, 0.05) is 6.54 Å². The molecule has 2 aromatic carbocycles. The lowest BCUT2D eigenvalue weighted by molar-refractivity contribution is -0.137. The van der Waals surface area contributed by atoms with Crippen LogP contribution in [0.25, 0.3) is 0 Å². The summed E-state index contributed by atoms with van der Waals surface area (Å²) in [5, 5.41) is 2.39. The van der Waals surface area contributed by atoms with Crippen LogP contribution >= 0.6 is 11.6 Å². The summed E-state index contributed by atoms with van der Waals surface area (Å²) in [6.07, 6.45) is -3.89. The molecule has 1 atom stereocenters. The Bertz CT molecular complexity index is 966. The van der Waals surface area contributed by atoms with Crippen LogP contribution < -0.4 is 9.62 Å². The largest absolute Gasteiger partial charge is 0.416 e. The predicted octanol–water partition coefficient (Wildman–Crippen LogP) is 4.04. The van der Waals surface area contributed by atoms with Gasteiger partial charge < -0.3 is 5.32 Å². The highest BCUT2D eigenvalue weighted by atomic mass is 35.5.